The largest absolute Gasteiger partial charge is 0.325 e. The van der Waals surface area contributed by atoms with Crippen molar-refractivity contribution in [1.29, 1.82) is 0 Å². The van der Waals surface area contributed by atoms with Crippen LogP contribution in [-0.2, 0) is 9.59 Å². The Morgan fingerprint density at radius 1 is 0.729 bits per heavy atom. The molecule has 0 spiro atoms. The Bertz CT molecular complexity index is 1940. The predicted octanol–water partition coefficient (Wildman–Crippen LogP) is 8.09. The Morgan fingerprint density at radius 2 is 1.33 bits per heavy atom. The summed E-state index contributed by atoms with van der Waals surface area (Å²) in [4.78, 5) is 51.3. The molecule has 0 saturated carbocycles. The fourth-order valence-electron chi connectivity index (χ4n) is 4.91. The second-order valence-electron chi connectivity index (χ2n) is 11.0. The zero-order valence-electron chi connectivity index (χ0n) is 26.2. The molecule has 0 heterocycles. The summed E-state index contributed by atoms with van der Waals surface area (Å²) in [6.07, 6.45) is 1.45. The van der Waals surface area contributed by atoms with Gasteiger partial charge < -0.3 is 16.0 Å². The SMILES string of the molecule is Cc1cc(C)cc(NC(=O)C(Sc2ccc(NC(=O)/C(=C/c3ccc([N+](=O)[O-])cc3)NC(=O)c3ccccc3)cc2)c2ccccc2)c1. The third-order valence-electron chi connectivity index (χ3n) is 7.14. The normalized spacial score (nSPS) is 11.7. The van der Waals surface area contributed by atoms with Gasteiger partial charge in [-0.2, -0.15) is 0 Å². The predicted molar refractivity (Wildman–Crippen MR) is 190 cm³/mol. The van der Waals surface area contributed by atoms with Crippen LogP contribution in [0.1, 0.15) is 37.9 Å². The summed E-state index contributed by atoms with van der Waals surface area (Å²) in [5, 5.41) is 19.1. The molecule has 0 radical (unpaired) electrons. The lowest BCUT2D eigenvalue weighted by molar-refractivity contribution is -0.384. The average Bonchev–Trinajstić information content (AvgIpc) is 3.08. The number of non-ortho nitro benzene ring substituents is 1. The van der Waals surface area contributed by atoms with E-state index < -0.39 is 22.0 Å². The van der Waals surface area contributed by atoms with Crippen molar-refractivity contribution in [2.24, 2.45) is 0 Å². The molecule has 5 aromatic rings. The summed E-state index contributed by atoms with van der Waals surface area (Å²) in [6.45, 7) is 3.97. The van der Waals surface area contributed by atoms with Gasteiger partial charge in [0.15, 0.2) is 0 Å². The summed E-state index contributed by atoms with van der Waals surface area (Å²) in [5.41, 5.74) is 4.84. The number of hydrogen-bond acceptors (Lipinski definition) is 6. The molecule has 9 nitrogen and oxygen atoms in total. The van der Waals surface area contributed by atoms with Crippen molar-refractivity contribution in [3.8, 4) is 0 Å². The molecule has 0 aromatic heterocycles. The molecule has 0 saturated heterocycles. The molecule has 0 aliphatic rings. The first-order chi connectivity index (χ1) is 23.1. The van der Waals surface area contributed by atoms with E-state index in [2.05, 4.69) is 16.0 Å². The number of carbonyl (C=O) groups is 3. The summed E-state index contributed by atoms with van der Waals surface area (Å²) in [7, 11) is 0. The molecule has 0 aliphatic carbocycles. The van der Waals surface area contributed by atoms with Gasteiger partial charge in [0.2, 0.25) is 5.91 Å². The number of nitrogens with zero attached hydrogens (tertiary/aromatic N) is 1. The first-order valence-corrected chi connectivity index (χ1v) is 15.9. The lowest BCUT2D eigenvalue weighted by Gasteiger charge is -2.18. The van der Waals surface area contributed by atoms with Gasteiger partial charge in [0.25, 0.3) is 17.5 Å². The Balaban J connectivity index is 1.34. The van der Waals surface area contributed by atoms with Gasteiger partial charge in [-0.1, -0.05) is 54.6 Å². The number of rotatable bonds is 11. The second-order valence-corrected chi connectivity index (χ2v) is 12.2. The minimum atomic E-state index is -0.590. The topological polar surface area (TPSA) is 130 Å². The van der Waals surface area contributed by atoms with Crippen LogP contribution in [0.3, 0.4) is 0 Å². The van der Waals surface area contributed by atoms with Crippen molar-refractivity contribution in [3.05, 3.63) is 171 Å². The molecule has 0 fully saturated rings. The van der Waals surface area contributed by atoms with Gasteiger partial charge >= 0.3 is 0 Å². The zero-order valence-corrected chi connectivity index (χ0v) is 27.0. The highest BCUT2D eigenvalue weighted by Crippen LogP contribution is 2.37. The molecule has 3 amide bonds. The van der Waals surface area contributed by atoms with E-state index in [-0.39, 0.29) is 17.3 Å². The van der Waals surface area contributed by atoms with Crippen molar-refractivity contribution in [2.45, 2.75) is 24.0 Å². The average molecular weight is 657 g/mol. The number of amides is 3. The molecule has 5 aromatic carbocycles. The van der Waals surface area contributed by atoms with Gasteiger partial charge in [-0.25, -0.2) is 0 Å². The highest BCUT2D eigenvalue weighted by atomic mass is 32.2. The van der Waals surface area contributed by atoms with Gasteiger partial charge in [0.1, 0.15) is 10.9 Å². The molecule has 5 rings (SSSR count). The summed E-state index contributed by atoms with van der Waals surface area (Å²) in [6, 6.07) is 36.5. The maximum absolute atomic E-state index is 13.6. The monoisotopic (exact) mass is 656 g/mol. The Kier molecular flexibility index (Phi) is 10.8. The molecule has 10 heteroatoms. The number of nitro groups is 1. The molecule has 0 aliphatic heterocycles. The third-order valence-corrected chi connectivity index (χ3v) is 8.41. The Labute approximate surface area is 282 Å². The molecule has 3 N–H and O–H groups in total. The number of anilines is 2. The molecular formula is C38H32N4O5S. The van der Waals surface area contributed by atoms with Gasteiger partial charge in [-0.15, -0.1) is 11.8 Å². The lowest BCUT2D eigenvalue weighted by Crippen LogP contribution is -2.30. The Hall–Kier alpha value is -6.00. The van der Waals surface area contributed by atoms with Gasteiger partial charge in [0.05, 0.1) is 4.92 Å². The van der Waals surface area contributed by atoms with Crippen LogP contribution in [0.4, 0.5) is 17.1 Å². The third kappa shape index (κ3) is 9.05. The van der Waals surface area contributed by atoms with Crippen molar-refractivity contribution in [2.75, 3.05) is 10.6 Å². The smallest absolute Gasteiger partial charge is 0.272 e. The van der Waals surface area contributed by atoms with E-state index in [1.807, 2.05) is 74.5 Å². The zero-order chi connectivity index (χ0) is 34.0. The van der Waals surface area contributed by atoms with E-state index >= 15 is 0 Å². The van der Waals surface area contributed by atoms with E-state index in [9.17, 15) is 24.5 Å². The molecule has 1 atom stereocenters. The number of nitro benzene ring substituents is 1. The lowest BCUT2D eigenvalue weighted by atomic mass is 10.1. The van der Waals surface area contributed by atoms with E-state index in [0.29, 0.717) is 16.8 Å². The van der Waals surface area contributed by atoms with Gasteiger partial charge in [-0.05, 0) is 103 Å². The van der Waals surface area contributed by atoms with E-state index in [0.717, 1.165) is 27.3 Å². The highest BCUT2D eigenvalue weighted by Gasteiger charge is 2.23. The van der Waals surface area contributed by atoms with Crippen LogP contribution in [0.25, 0.3) is 6.08 Å². The number of thioether (sulfide) groups is 1. The Morgan fingerprint density at radius 3 is 1.94 bits per heavy atom. The first-order valence-electron chi connectivity index (χ1n) is 15.0. The van der Waals surface area contributed by atoms with Gasteiger partial charge in [0, 0.05) is 34.0 Å². The van der Waals surface area contributed by atoms with Crippen LogP contribution in [0.2, 0.25) is 0 Å². The maximum Gasteiger partial charge on any atom is 0.272 e. The number of hydrogen-bond donors (Lipinski definition) is 3. The number of benzene rings is 5. The van der Waals surface area contributed by atoms with Gasteiger partial charge in [-0.3, -0.25) is 24.5 Å². The minimum Gasteiger partial charge on any atom is -0.325 e. The minimum absolute atomic E-state index is 0.0524. The molecular weight excluding hydrogens is 625 g/mol. The van der Waals surface area contributed by atoms with E-state index in [1.165, 1.54) is 42.1 Å². The number of aryl methyl sites for hydroxylation is 2. The summed E-state index contributed by atoms with van der Waals surface area (Å²) < 4.78 is 0. The summed E-state index contributed by atoms with van der Waals surface area (Å²) in [5.74, 6) is -1.24. The fourth-order valence-corrected chi connectivity index (χ4v) is 5.93. The van der Waals surface area contributed by atoms with Crippen LogP contribution < -0.4 is 16.0 Å². The first kappa shape index (κ1) is 33.4. The van der Waals surface area contributed by atoms with Crippen LogP contribution in [-0.4, -0.2) is 22.6 Å². The standard InChI is InChI=1S/C38H32N4O5S/c1-25-21-26(2)23-31(22-25)40-38(45)35(28-9-5-3-6-10-28)48-33-19-15-30(16-20-33)39-37(44)34(41-36(43)29-11-7-4-8-12-29)24-27-13-17-32(18-14-27)42(46)47/h3-24,35H,1-2H3,(H,39,44)(H,40,45)(H,41,43)/b34-24-. The quantitative estimate of drug-likeness (QED) is 0.0570. The molecule has 48 heavy (non-hydrogen) atoms. The molecule has 240 valence electrons. The van der Waals surface area contributed by atoms with E-state index in [1.54, 1.807) is 42.5 Å². The van der Waals surface area contributed by atoms with Crippen LogP contribution >= 0.6 is 11.8 Å². The van der Waals surface area contributed by atoms with Crippen LogP contribution in [0.5, 0.6) is 0 Å². The highest BCUT2D eigenvalue weighted by molar-refractivity contribution is 8.00. The van der Waals surface area contributed by atoms with Crippen LogP contribution in [0.15, 0.2) is 138 Å². The number of carbonyl (C=O) groups excluding carboxylic acids is 3. The van der Waals surface area contributed by atoms with Crippen molar-refractivity contribution in [3.63, 3.8) is 0 Å². The summed E-state index contributed by atoms with van der Waals surface area (Å²) >= 11 is 1.38. The van der Waals surface area contributed by atoms with Crippen molar-refractivity contribution >= 4 is 52.6 Å². The number of nitrogens with one attached hydrogen (secondary N) is 3. The van der Waals surface area contributed by atoms with Crippen molar-refractivity contribution < 1.29 is 19.3 Å². The fraction of sp³-hybridized carbons (Fsp3) is 0.0789. The molecule has 1 unspecified atom stereocenters. The maximum atomic E-state index is 13.6. The van der Waals surface area contributed by atoms with Crippen molar-refractivity contribution in [1.82, 2.24) is 5.32 Å². The molecule has 0 bridgehead atoms. The van der Waals surface area contributed by atoms with Crippen LogP contribution in [0, 0.1) is 24.0 Å². The second kappa shape index (κ2) is 15.5. The van der Waals surface area contributed by atoms with E-state index in [4.69, 9.17) is 0 Å².